The van der Waals surface area contributed by atoms with E-state index in [-0.39, 0.29) is 55.5 Å². The summed E-state index contributed by atoms with van der Waals surface area (Å²) in [6.07, 6.45) is 5.22. The van der Waals surface area contributed by atoms with Crippen LogP contribution in [0.4, 0.5) is 21.0 Å². The Bertz CT molecular complexity index is 2060. The van der Waals surface area contributed by atoms with Crippen molar-refractivity contribution in [1.29, 1.82) is 0 Å². The van der Waals surface area contributed by atoms with Crippen molar-refractivity contribution in [3.05, 3.63) is 66.6 Å². The van der Waals surface area contributed by atoms with Crippen LogP contribution in [0.1, 0.15) is 51.9 Å². The van der Waals surface area contributed by atoms with Gasteiger partial charge in [0.2, 0.25) is 11.8 Å². The smallest absolute Gasteiger partial charge is 0.407 e. The third kappa shape index (κ3) is 8.43. The Hall–Kier alpha value is -5.92. The first-order chi connectivity index (χ1) is 26.5. The first-order valence-corrected chi connectivity index (χ1v) is 18.7. The number of alkyl carbamates (subject to hydrolysis) is 2. The lowest BCUT2D eigenvalue weighted by Crippen LogP contribution is -2.47. The molecule has 14 heteroatoms. The molecule has 1 aromatic heterocycles. The van der Waals surface area contributed by atoms with Gasteiger partial charge in [0.15, 0.2) is 0 Å². The van der Waals surface area contributed by atoms with Crippen molar-refractivity contribution in [2.24, 2.45) is 16.8 Å². The Morgan fingerprint density at radius 1 is 0.945 bits per heavy atom. The minimum atomic E-state index is -0.652. The van der Waals surface area contributed by atoms with E-state index in [9.17, 15) is 19.2 Å². The summed E-state index contributed by atoms with van der Waals surface area (Å²) in [4.78, 5) is 65.9. The minimum absolute atomic E-state index is 0.0672. The van der Waals surface area contributed by atoms with Crippen LogP contribution in [-0.4, -0.2) is 103 Å². The van der Waals surface area contributed by atoms with Crippen LogP contribution < -0.4 is 16.0 Å². The number of fused-ring (bicyclic) bond motifs is 3. The summed E-state index contributed by atoms with van der Waals surface area (Å²) >= 11 is 0. The number of imidazole rings is 1. The number of piperidine rings is 1. The normalized spacial score (nSPS) is 18.1. The Morgan fingerprint density at radius 3 is 2.33 bits per heavy atom. The number of aromatic amines is 1. The minimum Gasteiger partial charge on any atom is -0.453 e. The maximum atomic E-state index is 13.2. The quantitative estimate of drug-likeness (QED) is 0.116. The molecule has 290 valence electrons. The second-order valence-corrected chi connectivity index (χ2v) is 14.4. The summed E-state index contributed by atoms with van der Waals surface area (Å²) in [7, 11) is 4.41. The number of ether oxygens (including phenoxy) is 2. The number of aliphatic imine (C=N–C) groups is 1. The number of hydrogen-bond donors (Lipinski definition) is 4. The van der Waals surface area contributed by atoms with E-state index >= 15 is 0 Å². The molecule has 4 aromatic rings. The number of amides is 4. The monoisotopic (exact) mass is 750 g/mol. The Balaban J connectivity index is 1.15. The second kappa shape index (κ2) is 17.0. The number of likely N-dealkylation sites (tertiary alicyclic amines) is 1. The zero-order valence-corrected chi connectivity index (χ0v) is 32.2. The lowest BCUT2D eigenvalue weighted by molar-refractivity contribution is -0.135. The van der Waals surface area contributed by atoms with Gasteiger partial charge in [-0.3, -0.25) is 14.6 Å². The van der Waals surface area contributed by atoms with Crippen molar-refractivity contribution in [2.45, 2.75) is 58.2 Å². The molecule has 2 heterocycles. The number of carbonyl (C=O) groups is 4. The summed E-state index contributed by atoms with van der Waals surface area (Å²) in [6.45, 7) is 6.09. The third-order valence-electron chi connectivity index (χ3n) is 10.9. The van der Waals surface area contributed by atoms with E-state index in [0.717, 1.165) is 69.6 Å². The number of H-pyrrole nitrogens is 1. The fourth-order valence-corrected chi connectivity index (χ4v) is 7.76. The van der Waals surface area contributed by atoms with Gasteiger partial charge in [-0.05, 0) is 72.2 Å². The molecule has 4 amide bonds. The zero-order chi connectivity index (χ0) is 39.2. The van der Waals surface area contributed by atoms with Crippen molar-refractivity contribution in [3.63, 3.8) is 0 Å². The number of aromatic nitrogens is 2. The molecular formula is C41H50N8O6. The van der Waals surface area contributed by atoms with Gasteiger partial charge in [-0.1, -0.05) is 56.3 Å². The van der Waals surface area contributed by atoms with E-state index in [1.165, 1.54) is 14.2 Å². The van der Waals surface area contributed by atoms with Gasteiger partial charge in [-0.15, -0.1) is 0 Å². The Morgan fingerprint density at radius 2 is 1.64 bits per heavy atom. The summed E-state index contributed by atoms with van der Waals surface area (Å²) in [5, 5.41) is 10.4. The third-order valence-corrected chi connectivity index (χ3v) is 10.9. The summed E-state index contributed by atoms with van der Waals surface area (Å²) < 4.78 is 9.25. The number of nitrogens with one attached hydrogen (secondary N) is 4. The molecule has 4 N–H and O–H groups in total. The van der Waals surface area contributed by atoms with Crippen molar-refractivity contribution >= 4 is 52.4 Å². The summed E-state index contributed by atoms with van der Waals surface area (Å²) in [6, 6.07) is 18.6. The van der Waals surface area contributed by atoms with Gasteiger partial charge in [-0.25, -0.2) is 14.6 Å². The van der Waals surface area contributed by atoms with Crippen LogP contribution in [0, 0.1) is 11.8 Å². The maximum Gasteiger partial charge on any atom is 0.407 e. The standard InChI is InChI=1S/C41H50N8O6/c1-24(2)25(3)48(35(50)22-45-40(52)54-5)18-17-43-33-16-13-29-19-28(12-15-32(29)37(33)42-4)26-7-9-27(10-8-26)34-21-44-39(47-34)38-30-11-14-31(20-30)49(38)36(51)23-46-41(53)55-6/h7-10,12-13,15-17,19,21,24-25,30-31,38,42H,11,14,18,20,22-23H2,1-6H3,(H,44,47)(H,45,52)(H,46,53)/b43-17+/t25-,30+,31-,38+/m1/s1. The van der Waals surface area contributed by atoms with E-state index in [2.05, 4.69) is 72.9 Å². The predicted molar refractivity (Wildman–Crippen MR) is 212 cm³/mol. The highest BCUT2D eigenvalue weighted by molar-refractivity contribution is 6.01. The Kier molecular flexibility index (Phi) is 12.0. The van der Waals surface area contributed by atoms with Gasteiger partial charge in [0.25, 0.3) is 0 Å². The average molecular weight is 751 g/mol. The molecule has 2 bridgehead atoms. The topological polar surface area (TPSA) is 170 Å². The molecule has 1 saturated carbocycles. The largest absolute Gasteiger partial charge is 0.453 e. The van der Waals surface area contributed by atoms with Crippen LogP contribution in [0.15, 0.2) is 65.8 Å². The lowest BCUT2D eigenvalue weighted by atomic mass is 9.98. The van der Waals surface area contributed by atoms with E-state index < -0.39 is 12.2 Å². The number of hydrogen-bond acceptors (Lipinski definition) is 9. The van der Waals surface area contributed by atoms with Gasteiger partial charge in [0.1, 0.15) is 18.9 Å². The van der Waals surface area contributed by atoms with Crippen molar-refractivity contribution < 1.29 is 28.7 Å². The van der Waals surface area contributed by atoms with Crippen molar-refractivity contribution in [2.75, 3.05) is 46.2 Å². The van der Waals surface area contributed by atoms with E-state index in [0.29, 0.717) is 5.92 Å². The van der Waals surface area contributed by atoms with Crippen LogP contribution in [0.25, 0.3) is 33.2 Å². The maximum absolute atomic E-state index is 13.2. The number of carbonyl (C=O) groups excluding carboxylic acids is 4. The molecule has 1 aliphatic heterocycles. The van der Waals surface area contributed by atoms with Crippen molar-refractivity contribution in [3.8, 4) is 22.4 Å². The molecule has 14 nitrogen and oxygen atoms in total. The molecular weight excluding hydrogens is 701 g/mol. The van der Waals surface area contributed by atoms with Crippen LogP contribution in [0.2, 0.25) is 0 Å². The number of nitrogens with zero attached hydrogens (tertiary/aromatic N) is 4. The molecule has 2 aliphatic rings. The predicted octanol–water partition coefficient (Wildman–Crippen LogP) is 6.28. The highest BCUT2D eigenvalue weighted by Gasteiger charge is 2.49. The summed E-state index contributed by atoms with van der Waals surface area (Å²) in [5.41, 5.74) is 5.62. The van der Waals surface area contributed by atoms with Gasteiger partial charge in [0, 0.05) is 30.7 Å². The highest BCUT2D eigenvalue weighted by atomic mass is 16.5. The summed E-state index contributed by atoms with van der Waals surface area (Å²) in [5.74, 6) is 0.948. The number of anilines is 1. The Labute approximate surface area is 321 Å². The van der Waals surface area contributed by atoms with Gasteiger partial charge in [-0.2, -0.15) is 0 Å². The fourth-order valence-electron chi connectivity index (χ4n) is 7.76. The first-order valence-electron chi connectivity index (χ1n) is 18.7. The van der Waals surface area contributed by atoms with Crippen LogP contribution in [0.3, 0.4) is 0 Å². The number of benzene rings is 3. The molecule has 4 atom stereocenters. The molecule has 0 radical (unpaired) electrons. The van der Waals surface area contributed by atoms with Crippen LogP contribution in [0.5, 0.6) is 0 Å². The van der Waals surface area contributed by atoms with Crippen LogP contribution in [-0.2, 0) is 19.1 Å². The SMILES string of the molecule is CNc1c(/N=C/CN(C(=O)CNC(=O)OC)[C@H](C)C(C)C)ccc2cc(-c3ccc(-c4cnc([C@@H]5[C@H]6CC[C@H](C6)N5C(=O)CNC(=O)OC)[nH]4)cc3)ccc12. The van der Waals surface area contributed by atoms with E-state index in [1.54, 1.807) is 11.1 Å². The van der Waals surface area contributed by atoms with Gasteiger partial charge >= 0.3 is 12.2 Å². The van der Waals surface area contributed by atoms with Gasteiger partial charge in [0.05, 0.1) is 50.1 Å². The zero-order valence-electron chi connectivity index (χ0n) is 32.2. The molecule has 2 fully saturated rings. The molecule has 0 unspecified atom stereocenters. The van der Waals surface area contributed by atoms with Gasteiger partial charge < -0.3 is 40.2 Å². The fraction of sp³-hybridized carbons (Fsp3) is 0.415. The second-order valence-electron chi connectivity index (χ2n) is 14.4. The number of rotatable bonds is 13. The first kappa shape index (κ1) is 38.8. The van der Waals surface area contributed by atoms with Crippen LogP contribution >= 0.6 is 0 Å². The molecule has 1 aliphatic carbocycles. The van der Waals surface area contributed by atoms with E-state index in [4.69, 9.17) is 9.98 Å². The van der Waals surface area contributed by atoms with Crippen molar-refractivity contribution in [1.82, 2.24) is 30.4 Å². The highest BCUT2D eigenvalue weighted by Crippen LogP contribution is 2.49. The molecule has 6 rings (SSSR count). The molecule has 55 heavy (non-hydrogen) atoms. The molecule has 3 aromatic carbocycles. The number of methoxy groups -OCH3 is 2. The average Bonchev–Trinajstić information content (AvgIpc) is 3.97. The molecule has 0 spiro atoms. The molecule has 1 saturated heterocycles. The van der Waals surface area contributed by atoms with E-state index in [1.807, 2.05) is 51.0 Å². The lowest BCUT2D eigenvalue weighted by Gasteiger charge is -2.34.